The predicted molar refractivity (Wildman–Crippen MR) is 77.2 cm³/mol. The van der Waals surface area contributed by atoms with Crippen molar-refractivity contribution >= 4 is 28.6 Å². The van der Waals surface area contributed by atoms with Gasteiger partial charge in [-0.05, 0) is 26.0 Å². The van der Waals surface area contributed by atoms with Gasteiger partial charge in [0.05, 0.1) is 10.9 Å². The van der Waals surface area contributed by atoms with Crippen molar-refractivity contribution in [3.63, 3.8) is 0 Å². The number of fused-ring (bicyclic) bond motifs is 1. The summed E-state index contributed by atoms with van der Waals surface area (Å²) in [5.74, 6) is -1.60. The molecule has 21 heavy (non-hydrogen) atoms. The summed E-state index contributed by atoms with van der Waals surface area (Å²) in [6, 6.07) is 4.87. The van der Waals surface area contributed by atoms with Crippen molar-refractivity contribution in [3.8, 4) is 5.75 Å². The monoisotopic (exact) mass is 288 g/mol. The molecule has 1 heterocycles. The molecule has 0 fully saturated rings. The molecule has 0 unspecified atom stereocenters. The Morgan fingerprint density at radius 2 is 1.95 bits per heavy atom. The van der Waals surface area contributed by atoms with Crippen LogP contribution in [0, 0.1) is 0 Å². The lowest BCUT2D eigenvalue weighted by atomic mass is 10.1. The second kappa shape index (κ2) is 5.78. The number of hydrogen-bond acceptors (Lipinski definition) is 4. The summed E-state index contributed by atoms with van der Waals surface area (Å²) in [6.45, 7) is 4.81. The summed E-state index contributed by atoms with van der Waals surface area (Å²) in [7, 11) is 0. The zero-order chi connectivity index (χ0) is 15.6. The summed E-state index contributed by atoms with van der Waals surface area (Å²) in [4.78, 5) is 38.1. The van der Waals surface area contributed by atoms with Gasteiger partial charge in [0.2, 0.25) is 0 Å². The summed E-state index contributed by atoms with van der Waals surface area (Å²) < 4.78 is 5.09. The van der Waals surface area contributed by atoms with Crippen LogP contribution >= 0.6 is 0 Å². The van der Waals surface area contributed by atoms with Crippen LogP contribution in [0.4, 0.5) is 0 Å². The van der Waals surface area contributed by atoms with Gasteiger partial charge in [0.1, 0.15) is 5.75 Å². The molecule has 0 aliphatic carbocycles. The molecule has 110 valence electrons. The molecule has 0 saturated heterocycles. The molecule has 2 aromatic rings. The average molecular weight is 288 g/mol. The zero-order valence-corrected chi connectivity index (χ0v) is 12.0. The lowest BCUT2D eigenvalue weighted by Crippen LogP contribution is -2.35. The van der Waals surface area contributed by atoms with Crippen LogP contribution in [0.2, 0.25) is 0 Å². The van der Waals surface area contributed by atoms with Crippen LogP contribution in [-0.4, -0.2) is 28.7 Å². The van der Waals surface area contributed by atoms with Crippen molar-refractivity contribution in [1.29, 1.82) is 0 Å². The number of rotatable bonds is 4. The number of amides is 1. The third kappa shape index (κ3) is 3.10. The van der Waals surface area contributed by atoms with E-state index in [0.29, 0.717) is 10.9 Å². The number of carbonyl (C=O) groups is 3. The van der Waals surface area contributed by atoms with Gasteiger partial charge in [-0.1, -0.05) is 6.07 Å². The van der Waals surface area contributed by atoms with Crippen LogP contribution in [0.5, 0.6) is 5.75 Å². The highest BCUT2D eigenvalue weighted by Gasteiger charge is 2.22. The van der Waals surface area contributed by atoms with Gasteiger partial charge in [-0.15, -0.1) is 0 Å². The summed E-state index contributed by atoms with van der Waals surface area (Å²) in [6.07, 6.45) is 1.44. The zero-order valence-electron chi connectivity index (χ0n) is 12.0. The van der Waals surface area contributed by atoms with Crippen molar-refractivity contribution in [2.45, 2.75) is 26.8 Å². The highest BCUT2D eigenvalue weighted by atomic mass is 16.5. The fraction of sp³-hybridized carbons (Fsp3) is 0.267. The molecule has 0 atom stereocenters. The Labute approximate surface area is 121 Å². The van der Waals surface area contributed by atoms with Crippen molar-refractivity contribution in [3.05, 3.63) is 30.0 Å². The maximum absolute atomic E-state index is 12.2. The molecule has 2 rings (SSSR count). The molecule has 0 spiro atoms. The molecule has 1 amide bonds. The van der Waals surface area contributed by atoms with E-state index in [2.05, 4.69) is 10.3 Å². The standard InChI is InChI=1S/C15H16N2O4/c1-8(2)17-15(20)14(19)10-7-16-11-5-4-6-12(13(10)11)21-9(3)18/h4-8,16H,1-3H3,(H,17,20). The number of ether oxygens (including phenoxy) is 1. The first kappa shape index (κ1) is 14.8. The maximum Gasteiger partial charge on any atom is 0.308 e. The molecule has 0 radical (unpaired) electrons. The number of esters is 1. The quantitative estimate of drug-likeness (QED) is 0.388. The lowest BCUT2D eigenvalue weighted by molar-refractivity contribution is -0.131. The van der Waals surface area contributed by atoms with Crippen LogP contribution in [0.3, 0.4) is 0 Å². The van der Waals surface area contributed by atoms with Crippen molar-refractivity contribution in [2.24, 2.45) is 0 Å². The number of Topliss-reactive ketones (excluding diaryl/α,β-unsaturated/α-hetero) is 1. The molecule has 0 aliphatic heterocycles. The highest BCUT2D eigenvalue weighted by Crippen LogP contribution is 2.29. The van der Waals surface area contributed by atoms with E-state index >= 15 is 0 Å². The molecular formula is C15H16N2O4. The van der Waals surface area contributed by atoms with E-state index in [1.54, 1.807) is 32.0 Å². The minimum absolute atomic E-state index is 0.139. The molecule has 0 saturated carbocycles. The van der Waals surface area contributed by atoms with Gasteiger partial charge < -0.3 is 15.0 Å². The Balaban J connectivity index is 2.47. The van der Waals surface area contributed by atoms with Gasteiger partial charge in [0.25, 0.3) is 11.7 Å². The van der Waals surface area contributed by atoms with E-state index in [4.69, 9.17) is 4.74 Å². The molecule has 0 bridgehead atoms. The number of H-pyrrole nitrogens is 1. The largest absolute Gasteiger partial charge is 0.426 e. The first-order chi connectivity index (χ1) is 9.90. The van der Waals surface area contributed by atoms with Crippen molar-refractivity contribution in [2.75, 3.05) is 0 Å². The maximum atomic E-state index is 12.2. The molecular weight excluding hydrogens is 272 g/mol. The normalized spacial score (nSPS) is 10.7. The van der Waals surface area contributed by atoms with Gasteiger partial charge >= 0.3 is 5.97 Å². The Morgan fingerprint density at radius 1 is 1.24 bits per heavy atom. The second-order valence-corrected chi connectivity index (χ2v) is 4.93. The molecule has 1 aromatic carbocycles. The number of nitrogens with one attached hydrogen (secondary N) is 2. The van der Waals surface area contributed by atoms with Crippen molar-refractivity contribution in [1.82, 2.24) is 10.3 Å². The Bertz CT molecular complexity index is 716. The molecule has 6 heteroatoms. The first-order valence-corrected chi connectivity index (χ1v) is 6.54. The van der Waals surface area contributed by atoms with E-state index in [-0.39, 0.29) is 17.4 Å². The Hall–Kier alpha value is -2.63. The van der Waals surface area contributed by atoms with Gasteiger partial charge in [0, 0.05) is 24.7 Å². The van der Waals surface area contributed by atoms with Crippen LogP contribution in [0.15, 0.2) is 24.4 Å². The third-order valence-corrected chi connectivity index (χ3v) is 2.79. The highest BCUT2D eigenvalue weighted by molar-refractivity contribution is 6.45. The number of benzene rings is 1. The summed E-state index contributed by atoms with van der Waals surface area (Å²) in [5, 5.41) is 2.97. The fourth-order valence-electron chi connectivity index (χ4n) is 2.02. The van der Waals surface area contributed by atoms with E-state index < -0.39 is 17.7 Å². The van der Waals surface area contributed by atoms with Gasteiger partial charge in [-0.2, -0.15) is 0 Å². The topological polar surface area (TPSA) is 88.3 Å². The number of aromatic nitrogens is 1. The third-order valence-electron chi connectivity index (χ3n) is 2.79. The molecule has 1 aromatic heterocycles. The molecule has 6 nitrogen and oxygen atoms in total. The minimum atomic E-state index is -0.691. The average Bonchev–Trinajstić information content (AvgIpc) is 2.81. The van der Waals surface area contributed by atoms with Crippen LogP contribution < -0.4 is 10.1 Å². The van der Waals surface area contributed by atoms with E-state index in [0.717, 1.165) is 0 Å². The van der Waals surface area contributed by atoms with E-state index in [1.165, 1.54) is 13.1 Å². The summed E-state index contributed by atoms with van der Waals surface area (Å²) in [5.41, 5.74) is 0.800. The molecule has 0 aliphatic rings. The van der Waals surface area contributed by atoms with Crippen molar-refractivity contribution < 1.29 is 19.1 Å². The summed E-state index contributed by atoms with van der Waals surface area (Å²) >= 11 is 0. The predicted octanol–water partition coefficient (Wildman–Crippen LogP) is 1.80. The lowest BCUT2D eigenvalue weighted by Gasteiger charge is -2.08. The smallest absolute Gasteiger partial charge is 0.308 e. The van der Waals surface area contributed by atoms with E-state index in [9.17, 15) is 14.4 Å². The van der Waals surface area contributed by atoms with Crippen LogP contribution in [0.1, 0.15) is 31.1 Å². The number of hydrogen-bond donors (Lipinski definition) is 2. The Morgan fingerprint density at radius 3 is 2.57 bits per heavy atom. The SMILES string of the molecule is CC(=O)Oc1cccc2[nH]cc(C(=O)C(=O)NC(C)C)c12. The number of carbonyl (C=O) groups excluding carboxylic acids is 3. The fourth-order valence-corrected chi connectivity index (χ4v) is 2.02. The van der Waals surface area contributed by atoms with Gasteiger partial charge in [-0.3, -0.25) is 14.4 Å². The number of ketones is 1. The van der Waals surface area contributed by atoms with Gasteiger partial charge in [-0.25, -0.2) is 0 Å². The Kier molecular flexibility index (Phi) is 4.07. The van der Waals surface area contributed by atoms with Gasteiger partial charge in [0.15, 0.2) is 0 Å². The minimum Gasteiger partial charge on any atom is -0.426 e. The number of aromatic amines is 1. The second-order valence-electron chi connectivity index (χ2n) is 4.93. The first-order valence-electron chi connectivity index (χ1n) is 6.54. The van der Waals surface area contributed by atoms with Crippen LogP contribution in [0.25, 0.3) is 10.9 Å². The van der Waals surface area contributed by atoms with Crippen LogP contribution in [-0.2, 0) is 9.59 Å². The van der Waals surface area contributed by atoms with E-state index in [1.807, 2.05) is 0 Å². The molecule has 2 N–H and O–H groups in total.